The second-order valence-corrected chi connectivity index (χ2v) is 5.16. The number of aromatic nitrogens is 2. The molecular weight excluding hydrogens is 294 g/mol. The molecule has 0 aliphatic carbocycles. The molecular formula is C13H16BrN3O. The third-order valence-electron chi connectivity index (χ3n) is 2.61. The molecule has 0 spiro atoms. The minimum Gasteiger partial charge on any atom is -0.487 e. The van der Waals surface area contributed by atoms with E-state index in [-0.39, 0.29) is 6.04 Å². The maximum Gasteiger partial charge on any atom is 0.132 e. The molecule has 0 unspecified atom stereocenters. The summed E-state index contributed by atoms with van der Waals surface area (Å²) in [5.74, 6) is 0.796. The third kappa shape index (κ3) is 3.11. The van der Waals surface area contributed by atoms with Gasteiger partial charge in [-0.2, -0.15) is 5.10 Å². The minimum atomic E-state index is -0.0585. The van der Waals surface area contributed by atoms with Gasteiger partial charge in [0.1, 0.15) is 12.4 Å². The fraction of sp³-hybridized carbons (Fsp3) is 0.308. The average molecular weight is 310 g/mol. The number of hydrogen-bond acceptors (Lipinski definition) is 3. The summed E-state index contributed by atoms with van der Waals surface area (Å²) in [5.41, 5.74) is 7.81. The third-order valence-corrected chi connectivity index (χ3v) is 3.10. The normalized spacial score (nSPS) is 12.4. The van der Waals surface area contributed by atoms with E-state index in [1.54, 1.807) is 4.68 Å². The van der Waals surface area contributed by atoms with Gasteiger partial charge in [0.15, 0.2) is 0 Å². The lowest BCUT2D eigenvalue weighted by Gasteiger charge is -2.13. The lowest BCUT2D eigenvalue weighted by Crippen LogP contribution is -2.08. The molecule has 1 atom stereocenters. The second kappa shape index (κ2) is 5.54. The molecule has 1 heterocycles. The number of halogens is 1. The number of nitrogens with zero attached hydrogens (tertiary/aromatic N) is 2. The lowest BCUT2D eigenvalue weighted by atomic mass is 10.1. The van der Waals surface area contributed by atoms with E-state index in [2.05, 4.69) is 21.0 Å². The van der Waals surface area contributed by atoms with Crippen LogP contribution in [0, 0.1) is 0 Å². The zero-order valence-electron chi connectivity index (χ0n) is 10.4. The molecule has 2 aromatic rings. The van der Waals surface area contributed by atoms with Gasteiger partial charge in [0.2, 0.25) is 0 Å². The van der Waals surface area contributed by atoms with Gasteiger partial charge in [0, 0.05) is 29.3 Å². The molecule has 0 saturated heterocycles. The van der Waals surface area contributed by atoms with Crippen LogP contribution in [0.25, 0.3) is 0 Å². The Bertz CT molecular complexity index is 537. The van der Waals surface area contributed by atoms with E-state index in [0.717, 1.165) is 21.5 Å². The first-order valence-corrected chi connectivity index (χ1v) is 6.52. The van der Waals surface area contributed by atoms with Crippen molar-refractivity contribution in [3.05, 3.63) is 46.2 Å². The zero-order chi connectivity index (χ0) is 13.1. The molecule has 0 bridgehead atoms. The Balaban J connectivity index is 2.15. The topological polar surface area (TPSA) is 53.1 Å². The first-order valence-electron chi connectivity index (χ1n) is 5.72. The zero-order valence-corrected chi connectivity index (χ0v) is 12.0. The average Bonchev–Trinajstić information content (AvgIpc) is 2.72. The van der Waals surface area contributed by atoms with E-state index in [9.17, 15) is 0 Å². The van der Waals surface area contributed by atoms with Crippen molar-refractivity contribution in [3.63, 3.8) is 0 Å². The summed E-state index contributed by atoms with van der Waals surface area (Å²) in [6.07, 6.45) is 1.89. The molecule has 5 heteroatoms. The number of benzene rings is 1. The van der Waals surface area contributed by atoms with Crippen molar-refractivity contribution >= 4 is 15.9 Å². The van der Waals surface area contributed by atoms with Crippen LogP contribution in [0.3, 0.4) is 0 Å². The Morgan fingerprint density at radius 3 is 2.83 bits per heavy atom. The smallest absolute Gasteiger partial charge is 0.132 e. The van der Waals surface area contributed by atoms with E-state index in [1.807, 2.05) is 44.4 Å². The van der Waals surface area contributed by atoms with Gasteiger partial charge < -0.3 is 10.5 Å². The summed E-state index contributed by atoms with van der Waals surface area (Å²) in [7, 11) is 1.88. The van der Waals surface area contributed by atoms with E-state index in [0.29, 0.717) is 6.61 Å². The van der Waals surface area contributed by atoms with E-state index in [4.69, 9.17) is 10.5 Å². The number of hydrogen-bond donors (Lipinski definition) is 1. The highest BCUT2D eigenvalue weighted by Crippen LogP contribution is 2.28. The molecule has 0 aliphatic rings. The van der Waals surface area contributed by atoms with Crippen LogP contribution < -0.4 is 10.5 Å². The van der Waals surface area contributed by atoms with E-state index < -0.39 is 0 Å². The molecule has 96 valence electrons. The highest BCUT2D eigenvalue weighted by atomic mass is 79.9. The van der Waals surface area contributed by atoms with Crippen LogP contribution in [0.5, 0.6) is 5.75 Å². The van der Waals surface area contributed by atoms with Crippen LogP contribution in [0.1, 0.15) is 24.2 Å². The van der Waals surface area contributed by atoms with Crippen LogP contribution >= 0.6 is 15.9 Å². The second-order valence-electron chi connectivity index (χ2n) is 4.24. The Kier molecular flexibility index (Phi) is 4.04. The molecule has 0 aliphatic heterocycles. The molecule has 0 fully saturated rings. The monoisotopic (exact) mass is 309 g/mol. The summed E-state index contributed by atoms with van der Waals surface area (Å²) in [6.45, 7) is 2.38. The minimum absolute atomic E-state index is 0.0585. The van der Waals surface area contributed by atoms with Gasteiger partial charge in [-0.05, 0) is 25.1 Å². The van der Waals surface area contributed by atoms with E-state index in [1.165, 1.54) is 0 Å². The Labute approximate surface area is 115 Å². The predicted molar refractivity (Wildman–Crippen MR) is 74.3 cm³/mol. The van der Waals surface area contributed by atoms with Crippen molar-refractivity contribution in [2.75, 3.05) is 0 Å². The van der Waals surface area contributed by atoms with Crippen molar-refractivity contribution < 1.29 is 4.74 Å². The Morgan fingerprint density at radius 2 is 2.22 bits per heavy atom. The number of nitrogens with two attached hydrogens (primary N) is 1. The van der Waals surface area contributed by atoms with Crippen LogP contribution in [0.2, 0.25) is 0 Å². The maximum absolute atomic E-state index is 5.92. The predicted octanol–water partition coefficient (Wildman–Crippen LogP) is 2.78. The van der Waals surface area contributed by atoms with Crippen molar-refractivity contribution in [1.29, 1.82) is 0 Å². The molecule has 0 radical (unpaired) electrons. The van der Waals surface area contributed by atoms with Crippen molar-refractivity contribution in [3.8, 4) is 5.75 Å². The standard InChI is InChI=1S/C13H16BrN3O/c1-9(15)12-4-3-10(14)7-13(12)18-8-11-5-6-17(2)16-11/h3-7,9H,8,15H2,1-2H3/t9-/m1/s1. The Hall–Kier alpha value is -1.33. The van der Waals surface area contributed by atoms with Crippen molar-refractivity contribution in [2.45, 2.75) is 19.6 Å². The highest BCUT2D eigenvalue weighted by Gasteiger charge is 2.09. The van der Waals surface area contributed by atoms with Gasteiger partial charge in [0.25, 0.3) is 0 Å². The van der Waals surface area contributed by atoms with Gasteiger partial charge in [0.05, 0.1) is 5.69 Å². The SMILES string of the molecule is C[C@@H](N)c1ccc(Br)cc1OCc1ccn(C)n1. The fourth-order valence-corrected chi connectivity index (χ4v) is 2.04. The quantitative estimate of drug-likeness (QED) is 0.945. The number of aryl methyl sites for hydroxylation is 1. The molecule has 1 aromatic carbocycles. The van der Waals surface area contributed by atoms with Crippen molar-refractivity contribution in [2.24, 2.45) is 12.8 Å². The molecule has 18 heavy (non-hydrogen) atoms. The molecule has 2 N–H and O–H groups in total. The molecule has 2 rings (SSSR count). The first-order chi connectivity index (χ1) is 8.56. The van der Waals surface area contributed by atoms with Crippen LogP contribution in [0.4, 0.5) is 0 Å². The summed E-state index contributed by atoms with van der Waals surface area (Å²) < 4.78 is 8.52. The van der Waals surface area contributed by atoms with Gasteiger partial charge in [-0.1, -0.05) is 22.0 Å². The lowest BCUT2D eigenvalue weighted by molar-refractivity contribution is 0.295. The first kappa shape index (κ1) is 13.1. The van der Waals surface area contributed by atoms with Gasteiger partial charge in [-0.3, -0.25) is 4.68 Å². The highest BCUT2D eigenvalue weighted by molar-refractivity contribution is 9.10. The largest absolute Gasteiger partial charge is 0.487 e. The molecule has 1 aromatic heterocycles. The number of ether oxygens (including phenoxy) is 1. The van der Waals surface area contributed by atoms with Crippen LogP contribution in [0.15, 0.2) is 34.9 Å². The van der Waals surface area contributed by atoms with Crippen molar-refractivity contribution in [1.82, 2.24) is 9.78 Å². The maximum atomic E-state index is 5.92. The Morgan fingerprint density at radius 1 is 1.44 bits per heavy atom. The summed E-state index contributed by atoms with van der Waals surface area (Å²) in [6, 6.07) is 7.75. The summed E-state index contributed by atoms with van der Waals surface area (Å²) in [4.78, 5) is 0. The van der Waals surface area contributed by atoms with Gasteiger partial charge >= 0.3 is 0 Å². The summed E-state index contributed by atoms with van der Waals surface area (Å²) >= 11 is 3.44. The van der Waals surface area contributed by atoms with Gasteiger partial charge in [-0.15, -0.1) is 0 Å². The van der Waals surface area contributed by atoms with Crippen LogP contribution in [-0.4, -0.2) is 9.78 Å². The molecule has 0 saturated carbocycles. The van der Waals surface area contributed by atoms with Crippen LogP contribution in [-0.2, 0) is 13.7 Å². The molecule has 4 nitrogen and oxygen atoms in total. The fourth-order valence-electron chi connectivity index (χ4n) is 1.70. The number of rotatable bonds is 4. The molecule has 0 amide bonds. The van der Waals surface area contributed by atoms with E-state index >= 15 is 0 Å². The summed E-state index contributed by atoms with van der Waals surface area (Å²) in [5, 5.41) is 4.27. The van der Waals surface area contributed by atoms with Gasteiger partial charge in [-0.25, -0.2) is 0 Å².